The van der Waals surface area contributed by atoms with Gasteiger partial charge in [0.1, 0.15) is 5.82 Å². The summed E-state index contributed by atoms with van der Waals surface area (Å²) in [5, 5.41) is 13.0. The second-order valence-corrected chi connectivity index (χ2v) is 5.01. The van der Waals surface area contributed by atoms with Gasteiger partial charge in [-0.2, -0.15) is 0 Å². The van der Waals surface area contributed by atoms with Crippen molar-refractivity contribution in [3.05, 3.63) is 39.7 Å². The fraction of sp³-hybridized carbons (Fsp3) is 0.417. The van der Waals surface area contributed by atoms with Gasteiger partial charge >= 0.3 is 0 Å². The first-order chi connectivity index (χ1) is 8.99. The lowest BCUT2D eigenvalue weighted by Gasteiger charge is -2.15. The number of hydrogen-bond acceptors (Lipinski definition) is 3. The zero-order valence-corrected chi connectivity index (χ0v) is 10.7. The van der Waals surface area contributed by atoms with Crippen LogP contribution < -0.4 is 5.32 Å². The molecule has 19 heavy (non-hydrogen) atoms. The first-order valence-corrected chi connectivity index (χ1v) is 6.31. The van der Waals surface area contributed by atoms with E-state index in [0.717, 1.165) is 37.5 Å². The number of non-ortho nitro benzene ring substituents is 1. The summed E-state index contributed by atoms with van der Waals surface area (Å²) in [7, 11) is 0. The van der Waals surface area contributed by atoms with Crippen LogP contribution in [0.5, 0.6) is 0 Å². The van der Waals surface area contributed by atoms with Crippen molar-refractivity contribution in [1.29, 1.82) is 0 Å². The van der Waals surface area contributed by atoms with Gasteiger partial charge in [-0.15, -0.1) is 11.6 Å². The van der Waals surface area contributed by atoms with Gasteiger partial charge in [0, 0.05) is 12.1 Å². The van der Waals surface area contributed by atoms with E-state index in [1.54, 1.807) is 0 Å². The molecular weight excluding hydrogens is 275 g/mol. The highest BCUT2D eigenvalue weighted by Crippen LogP contribution is 2.24. The summed E-state index contributed by atoms with van der Waals surface area (Å²) in [4.78, 5) is 21.6. The maximum Gasteiger partial charge on any atom is 0.272 e. The van der Waals surface area contributed by atoms with E-state index in [0.29, 0.717) is 0 Å². The Kier molecular flexibility index (Phi) is 3.99. The van der Waals surface area contributed by atoms with E-state index < -0.39 is 16.6 Å². The Balaban J connectivity index is 2.13. The molecule has 0 spiro atoms. The van der Waals surface area contributed by atoms with Crippen molar-refractivity contribution < 1.29 is 14.1 Å². The summed E-state index contributed by atoms with van der Waals surface area (Å²) in [5.41, 5.74) is -0.591. The van der Waals surface area contributed by atoms with E-state index in [4.69, 9.17) is 11.6 Å². The monoisotopic (exact) mass is 286 g/mol. The van der Waals surface area contributed by atoms with Gasteiger partial charge in [0.2, 0.25) is 0 Å². The highest BCUT2D eigenvalue weighted by Gasteiger charge is 2.28. The number of rotatable bonds is 3. The van der Waals surface area contributed by atoms with Crippen molar-refractivity contribution in [2.75, 3.05) is 0 Å². The molecule has 2 atom stereocenters. The molecule has 1 saturated carbocycles. The van der Waals surface area contributed by atoms with E-state index in [9.17, 15) is 19.3 Å². The molecule has 1 N–H and O–H groups in total. The summed E-state index contributed by atoms with van der Waals surface area (Å²) in [6.07, 6.45) is 2.49. The van der Waals surface area contributed by atoms with Gasteiger partial charge in [-0.25, -0.2) is 4.39 Å². The Morgan fingerprint density at radius 3 is 2.74 bits per heavy atom. The molecule has 7 heteroatoms. The predicted octanol–water partition coefficient (Wildman–Crippen LogP) is 2.62. The van der Waals surface area contributed by atoms with Gasteiger partial charge in [-0.1, -0.05) is 0 Å². The van der Waals surface area contributed by atoms with Crippen LogP contribution in [0.2, 0.25) is 0 Å². The van der Waals surface area contributed by atoms with Crippen LogP contribution in [0.15, 0.2) is 18.2 Å². The zero-order chi connectivity index (χ0) is 14.0. The molecular formula is C12H12ClFN2O3. The smallest absolute Gasteiger partial charge is 0.272 e. The van der Waals surface area contributed by atoms with Crippen LogP contribution >= 0.6 is 11.6 Å². The molecule has 1 aliphatic carbocycles. The Morgan fingerprint density at radius 2 is 2.21 bits per heavy atom. The third-order valence-corrected chi connectivity index (χ3v) is 3.68. The van der Waals surface area contributed by atoms with E-state index in [2.05, 4.69) is 5.32 Å². The summed E-state index contributed by atoms with van der Waals surface area (Å²) < 4.78 is 13.6. The second-order valence-electron chi connectivity index (χ2n) is 4.45. The Hall–Kier alpha value is -1.69. The molecule has 1 aliphatic rings. The van der Waals surface area contributed by atoms with E-state index >= 15 is 0 Å². The van der Waals surface area contributed by atoms with Crippen LogP contribution in [0.1, 0.15) is 29.6 Å². The number of alkyl halides is 1. The zero-order valence-electron chi connectivity index (χ0n) is 9.94. The normalized spacial score (nSPS) is 22.2. The molecule has 0 aromatic heterocycles. The summed E-state index contributed by atoms with van der Waals surface area (Å²) in [6.45, 7) is 0. The number of nitro benzene ring substituents is 1. The predicted molar refractivity (Wildman–Crippen MR) is 67.8 cm³/mol. The Labute approximate surface area is 113 Å². The molecule has 1 amide bonds. The van der Waals surface area contributed by atoms with Crippen molar-refractivity contribution in [2.24, 2.45) is 0 Å². The van der Waals surface area contributed by atoms with E-state index in [1.165, 1.54) is 0 Å². The molecule has 1 fully saturated rings. The third-order valence-electron chi connectivity index (χ3n) is 3.16. The minimum atomic E-state index is -0.907. The van der Waals surface area contributed by atoms with Crippen molar-refractivity contribution >= 4 is 23.2 Å². The van der Waals surface area contributed by atoms with Crippen molar-refractivity contribution in [3.8, 4) is 0 Å². The first-order valence-electron chi connectivity index (χ1n) is 5.88. The molecule has 0 radical (unpaired) electrons. The summed E-state index contributed by atoms with van der Waals surface area (Å²) in [5.74, 6) is -1.50. The fourth-order valence-corrected chi connectivity index (χ4v) is 2.47. The Morgan fingerprint density at radius 1 is 1.47 bits per heavy atom. The maximum absolute atomic E-state index is 13.6. The topological polar surface area (TPSA) is 72.2 Å². The van der Waals surface area contributed by atoms with Gasteiger partial charge in [-0.3, -0.25) is 14.9 Å². The standard InChI is InChI=1S/C12H12ClFN2O3/c13-9-2-1-3-11(9)15-12(17)8-5-4-7(16(18)19)6-10(8)14/h4-6,9,11H,1-3H2,(H,15,17). The molecule has 102 valence electrons. The Bertz CT molecular complexity index is 524. The number of nitro groups is 1. The SMILES string of the molecule is O=C(NC1CCCC1Cl)c1ccc([N+](=O)[O-])cc1F. The van der Waals surface area contributed by atoms with Crippen LogP contribution in [-0.2, 0) is 0 Å². The van der Waals surface area contributed by atoms with Crippen LogP contribution in [0.25, 0.3) is 0 Å². The number of halogens is 2. The van der Waals surface area contributed by atoms with Crippen LogP contribution in [0.4, 0.5) is 10.1 Å². The molecule has 1 aromatic carbocycles. The number of hydrogen-bond donors (Lipinski definition) is 1. The second kappa shape index (κ2) is 5.52. The van der Waals surface area contributed by atoms with Crippen molar-refractivity contribution in [1.82, 2.24) is 5.32 Å². The number of benzene rings is 1. The summed E-state index contributed by atoms with van der Waals surface area (Å²) >= 11 is 6.02. The lowest BCUT2D eigenvalue weighted by Crippen LogP contribution is -2.38. The van der Waals surface area contributed by atoms with E-state index in [1.807, 2.05) is 0 Å². The lowest BCUT2D eigenvalue weighted by atomic mass is 10.1. The number of carbonyl (C=O) groups is 1. The number of nitrogens with one attached hydrogen (secondary N) is 1. The maximum atomic E-state index is 13.6. The van der Waals surface area contributed by atoms with Crippen LogP contribution in [0, 0.1) is 15.9 Å². The van der Waals surface area contributed by atoms with Crippen molar-refractivity contribution in [2.45, 2.75) is 30.7 Å². The average Bonchev–Trinajstić information content (AvgIpc) is 2.74. The molecule has 2 rings (SSSR count). The molecule has 0 saturated heterocycles. The minimum absolute atomic E-state index is 0.148. The molecule has 0 aliphatic heterocycles. The van der Waals surface area contributed by atoms with E-state index in [-0.39, 0.29) is 22.7 Å². The number of amides is 1. The first kappa shape index (κ1) is 13.7. The van der Waals surface area contributed by atoms with Gasteiger partial charge < -0.3 is 5.32 Å². The number of carbonyl (C=O) groups excluding carboxylic acids is 1. The van der Waals surface area contributed by atoms with Crippen LogP contribution in [-0.4, -0.2) is 22.2 Å². The van der Waals surface area contributed by atoms with Gasteiger partial charge in [0.15, 0.2) is 0 Å². The highest BCUT2D eigenvalue weighted by atomic mass is 35.5. The average molecular weight is 287 g/mol. The minimum Gasteiger partial charge on any atom is -0.348 e. The lowest BCUT2D eigenvalue weighted by molar-refractivity contribution is -0.385. The molecule has 1 aromatic rings. The van der Waals surface area contributed by atoms with Crippen LogP contribution in [0.3, 0.4) is 0 Å². The molecule has 5 nitrogen and oxygen atoms in total. The molecule has 2 unspecified atom stereocenters. The molecule has 0 bridgehead atoms. The fourth-order valence-electron chi connectivity index (χ4n) is 2.13. The largest absolute Gasteiger partial charge is 0.348 e. The molecule has 0 heterocycles. The van der Waals surface area contributed by atoms with Gasteiger partial charge in [-0.05, 0) is 25.3 Å². The quantitative estimate of drug-likeness (QED) is 0.527. The van der Waals surface area contributed by atoms with Crippen molar-refractivity contribution in [3.63, 3.8) is 0 Å². The third kappa shape index (κ3) is 3.01. The van der Waals surface area contributed by atoms with Gasteiger partial charge in [0.05, 0.1) is 21.9 Å². The highest BCUT2D eigenvalue weighted by molar-refractivity contribution is 6.21. The summed E-state index contributed by atoms with van der Waals surface area (Å²) in [6, 6.07) is 2.77. The van der Waals surface area contributed by atoms with Gasteiger partial charge in [0.25, 0.3) is 11.6 Å². The number of nitrogens with zero attached hydrogens (tertiary/aromatic N) is 1.